The molecule has 0 aliphatic heterocycles. The van der Waals surface area contributed by atoms with Crippen LogP contribution in [-0.4, -0.2) is 11.9 Å². The number of benzene rings is 1. The molecule has 2 rings (SSSR count). The molecule has 1 unspecified atom stereocenters. The van der Waals surface area contributed by atoms with Crippen molar-refractivity contribution >= 4 is 5.91 Å². The molecule has 2 aromatic rings. The van der Waals surface area contributed by atoms with Gasteiger partial charge in [0.05, 0.1) is 12.7 Å². The summed E-state index contributed by atoms with van der Waals surface area (Å²) in [6.45, 7) is 4.01. The van der Waals surface area contributed by atoms with Crippen LogP contribution in [-0.2, 0) is 17.6 Å². The zero-order valence-corrected chi connectivity index (χ0v) is 11.3. The molecule has 0 saturated heterocycles. The van der Waals surface area contributed by atoms with Gasteiger partial charge in [-0.25, -0.2) is 0 Å². The van der Waals surface area contributed by atoms with Gasteiger partial charge >= 0.3 is 0 Å². The average molecular weight is 257 g/mol. The van der Waals surface area contributed by atoms with Gasteiger partial charge in [-0.1, -0.05) is 29.8 Å². The maximum absolute atomic E-state index is 11.9. The zero-order valence-electron chi connectivity index (χ0n) is 11.3. The molecule has 3 heteroatoms. The quantitative estimate of drug-likeness (QED) is 0.895. The Balaban J connectivity index is 1.84. The van der Waals surface area contributed by atoms with Crippen molar-refractivity contribution in [3.8, 4) is 0 Å². The predicted octanol–water partition coefficient (Wildman–Crippen LogP) is 2.88. The van der Waals surface area contributed by atoms with E-state index in [4.69, 9.17) is 4.42 Å². The number of rotatable bonds is 5. The molecule has 0 spiro atoms. The van der Waals surface area contributed by atoms with Crippen molar-refractivity contribution in [2.24, 2.45) is 0 Å². The molecule has 0 saturated carbocycles. The number of hydrogen-bond donors (Lipinski definition) is 1. The standard InChI is InChI=1S/C16H19NO2/c1-12-5-3-6-14(9-12)11-16(18)17-13(2)10-15-7-4-8-19-15/h3-9,13H,10-11H2,1-2H3,(H,17,18). The van der Waals surface area contributed by atoms with E-state index >= 15 is 0 Å². The molecule has 3 nitrogen and oxygen atoms in total. The Labute approximate surface area is 113 Å². The summed E-state index contributed by atoms with van der Waals surface area (Å²) >= 11 is 0. The van der Waals surface area contributed by atoms with E-state index in [1.807, 2.05) is 50.2 Å². The van der Waals surface area contributed by atoms with E-state index < -0.39 is 0 Å². The van der Waals surface area contributed by atoms with Crippen LogP contribution in [0.4, 0.5) is 0 Å². The highest BCUT2D eigenvalue weighted by Crippen LogP contribution is 2.06. The van der Waals surface area contributed by atoms with Gasteiger partial charge in [0, 0.05) is 12.5 Å². The summed E-state index contributed by atoms with van der Waals surface area (Å²) in [6.07, 6.45) is 2.79. The lowest BCUT2D eigenvalue weighted by Crippen LogP contribution is -2.35. The Kier molecular flexibility index (Phi) is 4.39. The molecule has 1 atom stereocenters. The number of aryl methyl sites for hydroxylation is 1. The first kappa shape index (κ1) is 13.4. The third-order valence-corrected chi connectivity index (χ3v) is 2.94. The highest BCUT2D eigenvalue weighted by atomic mass is 16.3. The van der Waals surface area contributed by atoms with E-state index in [0.717, 1.165) is 11.3 Å². The molecule has 1 aromatic carbocycles. The van der Waals surface area contributed by atoms with E-state index in [2.05, 4.69) is 5.32 Å². The molecule has 0 aliphatic carbocycles. The zero-order chi connectivity index (χ0) is 13.7. The fraction of sp³-hybridized carbons (Fsp3) is 0.312. The Bertz CT molecular complexity index is 531. The lowest BCUT2D eigenvalue weighted by atomic mass is 10.1. The summed E-state index contributed by atoms with van der Waals surface area (Å²) in [4.78, 5) is 11.9. The third kappa shape index (κ3) is 4.28. The van der Waals surface area contributed by atoms with Gasteiger partial charge in [-0.15, -0.1) is 0 Å². The average Bonchev–Trinajstić information content (AvgIpc) is 2.81. The van der Waals surface area contributed by atoms with E-state index in [1.165, 1.54) is 5.56 Å². The van der Waals surface area contributed by atoms with Gasteiger partial charge in [0.2, 0.25) is 5.91 Å². The molecule has 100 valence electrons. The normalized spacial score (nSPS) is 12.1. The summed E-state index contributed by atoms with van der Waals surface area (Å²) in [6, 6.07) is 11.9. The molecule has 0 bridgehead atoms. The van der Waals surface area contributed by atoms with Gasteiger partial charge in [-0.3, -0.25) is 4.79 Å². The molecule has 1 aromatic heterocycles. The van der Waals surface area contributed by atoms with Crippen LogP contribution in [0.5, 0.6) is 0 Å². The first-order valence-corrected chi connectivity index (χ1v) is 6.51. The number of hydrogen-bond acceptors (Lipinski definition) is 2. The first-order valence-electron chi connectivity index (χ1n) is 6.51. The Morgan fingerprint density at radius 3 is 2.84 bits per heavy atom. The van der Waals surface area contributed by atoms with Gasteiger partial charge in [-0.2, -0.15) is 0 Å². The monoisotopic (exact) mass is 257 g/mol. The first-order chi connectivity index (χ1) is 9.13. The molecular formula is C16H19NO2. The molecular weight excluding hydrogens is 238 g/mol. The second kappa shape index (κ2) is 6.23. The molecule has 0 aliphatic rings. The fourth-order valence-electron chi connectivity index (χ4n) is 2.11. The third-order valence-electron chi connectivity index (χ3n) is 2.94. The van der Waals surface area contributed by atoms with Gasteiger partial charge < -0.3 is 9.73 Å². The van der Waals surface area contributed by atoms with Crippen LogP contribution in [0, 0.1) is 6.92 Å². The van der Waals surface area contributed by atoms with Crippen molar-refractivity contribution < 1.29 is 9.21 Å². The van der Waals surface area contributed by atoms with Crippen LogP contribution in [0.3, 0.4) is 0 Å². The molecule has 19 heavy (non-hydrogen) atoms. The van der Waals surface area contributed by atoms with Crippen molar-refractivity contribution in [2.75, 3.05) is 0 Å². The van der Waals surface area contributed by atoms with Crippen LogP contribution in [0.25, 0.3) is 0 Å². The summed E-state index contributed by atoms with van der Waals surface area (Å²) in [7, 11) is 0. The highest BCUT2D eigenvalue weighted by molar-refractivity contribution is 5.78. The minimum absolute atomic E-state index is 0.0460. The second-order valence-electron chi connectivity index (χ2n) is 4.92. The number of carbonyl (C=O) groups excluding carboxylic acids is 1. The largest absolute Gasteiger partial charge is 0.469 e. The fourth-order valence-corrected chi connectivity index (χ4v) is 2.11. The minimum atomic E-state index is 0.0460. The van der Waals surface area contributed by atoms with E-state index in [9.17, 15) is 4.79 Å². The maximum Gasteiger partial charge on any atom is 0.224 e. The smallest absolute Gasteiger partial charge is 0.224 e. The molecule has 0 radical (unpaired) electrons. The number of furan rings is 1. The number of nitrogens with one attached hydrogen (secondary N) is 1. The van der Waals surface area contributed by atoms with Crippen molar-refractivity contribution in [2.45, 2.75) is 32.7 Å². The van der Waals surface area contributed by atoms with Crippen molar-refractivity contribution in [3.63, 3.8) is 0 Å². The topological polar surface area (TPSA) is 42.2 Å². The van der Waals surface area contributed by atoms with Crippen LogP contribution < -0.4 is 5.32 Å². The Morgan fingerprint density at radius 2 is 2.16 bits per heavy atom. The van der Waals surface area contributed by atoms with Crippen LogP contribution in [0.1, 0.15) is 23.8 Å². The number of carbonyl (C=O) groups is 1. The second-order valence-corrected chi connectivity index (χ2v) is 4.92. The lowest BCUT2D eigenvalue weighted by molar-refractivity contribution is -0.121. The van der Waals surface area contributed by atoms with Crippen molar-refractivity contribution in [1.29, 1.82) is 0 Å². The van der Waals surface area contributed by atoms with Crippen LogP contribution in [0.2, 0.25) is 0 Å². The SMILES string of the molecule is Cc1cccc(CC(=O)NC(C)Cc2ccco2)c1. The van der Waals surface area contributed by atoms with Crippen molar-refractivity contribution in [3.05, 3.63) is 59.5 Å². The van der Waals surface area contributed by atoms with E-state index in [0.29, 0.717) is 12.8 Å². The lowest BCUT2D eigenvalue weighted by Gasteiger charge is -2.12. The summed E-state index contributed by atoms with van der Waals surface area (Å²) in [5.41, 5.74) is 2.22. The molecule has 1 amide bonds. The summed E-state index contributed by atoms with van der Waals surface area (Å²) in [5.74, 6) is 0.938. The number of amides is 1. The molecule has 0 fully saturated rings. The van der Waals surface area contributed by atoms with Crippen LogP contribution >= 0.6 is 0 Å². The summed E-state index contributed by atoms with van der Waals surface area (Å²) in [5, 5.41) is 2.99. The van der Waals surface area contributed by atoms with Gasteiger partial charge in [-0.05, 0) is 31.5 Å². The molecule has 1 N–H and O–H groups in total. The van der Waals surface area contributed by atoms with Gasteiger partial charge in [0.15, 0.2) is 0 Å². The highest BCUT2D eigenvalue weighted by Gasteiger charge is 2.10. The Morgan fingerprint density at radius 1 is 1.32 bits per heavy atom. The van der Waals surface area contributed by atoms with Gasteiger partial charge in [0.1, 0.15) is 5.76 Å². The minimum Gasteiger partial charge on any atom is -0.469 e. The Hall–Kier alpha value is -2.03. The summed E-state index contributed by atoms with van der Waals surface area (Å²) < 4.78 is 5.27. The van der Waals surface area contributed by atoms with E-state index in [-0.39, 0.29) is 11.9 Å². The van der Waals surface area contributed by atoms with E-state index in [1.54, 1.807) is 6.26 Å². The maximum atomic E-state index is 11.9. The van der Waals surface area contributed by atoms with Crippen LogP contribution in [0.15, 0.2) is 47.1 Å². The molecule has 1 heterocycles. The van der Waals surface area contributed by atoms with Gasteiger partial charge in [0.25, 0.3) is 0 Å². The predicted molar refractivity (Wildman–Crippen MR) is 74.9 cm³/mol. The van der Waals surface area contributed by atoms with Crippen molar-refractivity contribution in [1.82, 2.24) is 5.32 Å².